The Balaban J connectivity index is 1.62. The lowest BCUT2D eigenvalue weighted by Gasteiger charge is -2.36. The number of piperazine rings is 1. The second kappa shape index (κ2) is 8.71. The number of benzene rings is 1. The van der Waals surface area contributed by atoms with Crippen molar-refractivity contribution in [1.29, 1.82) is 0 Å². The summed E-state index contributed by atoms with van der Waals surface area (Å²) < 4.78 is 33.7. The minimum Gasteiger partial charge on any atom is -0.364 e. The fourth-order valence-electron chi connectivity index (χ4n) is 4.74. The van der Waals surface area contributed by atoms with Crippen LogP contribution in [0.1, 0.15) is 30.5 Å². The number of amides is 1. The number of hydrogen-bond acceptors (Lipinski definition) is 4. The van der Waals surface area contributed by atoms with E-state index >= 15 is 0 Å². The molecule has 0 radical (unpaired) electrons. The molecule has 1 aromatic carbocycles. The van der Waals surface area contributed by atoms with E-state index in [2.05, 4.69) is 0 Å². The first-order valence-electron chi connectivity index (χ1n) is 10.4. The second-order valence-electron chi connectivity index (χ2n) is 8.61. The zero-order valence-electron chi connectivity index (χ0n) is 18.2. The van der Waals surface area contributed by atoms with E-state index in [1.165, 1.54) is 9.21 Å². The minimum absolute atomic E-state index is 0.0982. The number of morpholine rings is 1. The van der Waals surface area contributed by atoms with E-state index in [4.69, 9.17) is 4.74 Å². The summed E-state index contributed by atoms with van der Waals surface area (Å²) in [6, 6.07) is 3.82. The number of carbonyl (C=O) groups is 1. The van der Waals surface area contributed by atoms with E-state index in [1.807, 2.05) is 46.8 Å². The van der Waals surface area contributed by atoms with Gasteiger partial charge in [-0.1, -0.05) is 17.7 Å². The Morgan fingerprint density at radius 2 is 1.55 bits per heavy atom. The van der Waals surface area contributed by atoms with Gasteiger partial charge in [-0.3, -0.25) is 4.79 Å². The van der Waals surface area contributed by atoms with Crippen molar-refractivity contribution >= 4 is 15.9 Å². The molecule has 2 heterocycles. The standard InChI is InChI=1S/C21H33N3O4S/c1-15-10-16(2)21(17(3)11-15)29(26,27)24-8-6-23(7-9-24)20(25)14-22-12-18(4)28-19(5)13-22/h10-11,18-19H,6-9,12-14H2,1-5H3/p+1/t18-,19+. The SMILES string of the molecule is Cc1cc(C)c(S(=O)(=O)N2CCN(C(=O)C[NH+]3C[C@@H](C)O[C@@H](C)C3)CC2)c(C)c1. The molecule has 0 aliphatic carbocycles. The molecule has 0 spiro atoms. The van der Waals surface area contributed by atoms with Crippen LogP contribution in [-0.4, -0.2) is 81.6 Å². The van der Waals surface area contributed by atoms with Gasteiger partial charge in [-0.15, -0.1) is 0 Å². The summed E-state index contributed by atoms with van der Waals surface area (Å²) in [5, 5.41) is 0. The van der Waals surface area contributed by atoms with Crippen molar-refractivity contribution in [2.75, 3.05) is 45.8 Å². The van der Waals surface area contributed by atoms with Gasteiger partial charge in [0.1, 0.15) is 25.3 Å². The third kappa shape index (κ3) is 4.99. The van der Waals surface area contributed by atoms with Gasteiger partial charge in [0.2, 0.25) is 10.0 Å². The van der Waals surface area contributed by atoms with E-state index in [0.29, 0.717) is 37.6 Å². The lowest BCUT2D eigenvalue weighted by atomic mass is 10.1. The second-order valence-corrected chi connectivity index (χ2v) is 10.5. The summed E-state index contributed by atoms with van der Waals surface area (Å²) in [6.07, 6.45) is 0.314. The zero-order valence-corrected chi connectivity index (χ0v) is 19.0. The van der Waals surface area contributed by atoms with Crippen LogP contribution < -0.4 is 4.90 Å². The fourth-order valence-corrected chi connectivity index (χ4v) is 6.57. The molecule has 8 heteroatoms. The Hall–Kier alpha value is -1.48. The van der Waals surface area contributed by atoms with Gasteiger partial charge in [0, 0.05) is 26.2 Å². The van der Waals surface area contributed by atoms with Crippen molar-refractivity contribution in [3.8, 4) is 0 Å². The van der Waals surface area contributed by atoms with Crippen LogP contribution in [0, 0.1) is 20.8 Å². The van der Waals surface area contributed by atoms with E-state index in [9.17, 15) is 13.2 Å². The van der Waals surface area contributed by atoms with Crippen LogP contribution in [0.3, 0.4) is 0 Å². The number of rotatable bonds is 4. The smallest absolute Gasteiger partial charge is 0.277 e. The van der Waals surface area contributed by atoms with Crippen LogP contribution in [-0.2, 0) is 19.6 Å². The number of sulfonamides is 1. The van der Waals surface area contributed by atoms with E-state index in [0.717, 1.165) is 29.8 Å². The first-order chi connectivity index (χ1) is 13.6. The molecule has 29 heavy (non-hydrogen) atoms. The molecule has 3 atom stereocenters. The van der Waals surface area contributed by atoms with Crippen molar-refractivity contribution in [2.45, 2.75) is 51.7 Å². The molecule has 0 bridgehead atoms. The molecule has 0 aromatic heterocycles. The maximum absolute atomic E-state index is 13.2. The maximum atomic E-state index is 13.2. The summed E-state index contributed by atoms with van der Waals surface area (Å²) in [7, 11) is -3.56. The summed E-state index contributed by atoms with van der Waals surface area (Å²) >= 11 is 0. The molecule has 1 aromatic rings. The highest BCUT2D eigenvalue weighted by Crippen LogP contribution is 2.26. The first-order valence-corrected chi connectivity index (χ1v) is 11.9. The Morgan fingerprint density at radius 3 is 2.07 bits per heavy atom. The molecule has 7 nitrogen and oxygen atoms in total. The summed E-state index contributed by atoms with van der Waals surface area (Å²) in [5.74, 6) is 0.0982. The van der Waals surface area contributed by atoms with Gasteiger partial charge in [-0.25, -0.2) is 8.42 Å². The number of nitrogens with one attached hydrogen (secondary N) is 1. The first kappa shape index (κ1) is 22.2. The topological polar surface area (TPSA) is 71.4 Å². The predicted octanol–water partition coefficient (Wildman–Crippen LogP) is 0.137. The van der Waals surface area contributed by atoms with Gasteiger partial charge in [-0.2, -0.15) is 4.31 Å². The van der Waals surface area contributed by atoms with Gasteiger partial charge in [0.05, 0.1) is 4.90 Å². The van der Waals surface area contributed by atoms with Crippen LogP contribution in [0.4, 0.5) is 0 Å². The molecular weight excluding hydrogens is 390 g/mol. The van der Waals surface area contributed by atoms with Gasteiger partial charge in [-0.05, 0) is 45.7 Å². The van der Waals surface area contributed by atoms with Crippen LogP contribution in [0.15, 0.2) is 17.0 Å². The van der Waals surface area contributed by atoms with Crippen molar-refractivity contribution in [3.05, 3.63) is 28.8 Å². The number of nitrogens with zero attached hydrogens (tertiary/aromatic N) is 2. The normalized spacial score (nSPS) is 26.5. The Morgan fingerprint density at radius 1 is 1.03 bits per heavy atom. The highest BCUT2D eigenvalue weighted by molar-refractivity contribution is 7.89. The quantitative estimate of drug-likeness (QED) is 0.746. The van der Waals surface area contributed by atoms with Gasteiger partial charge >= 0.3 is 0 Å². The molecule has 1 N–H and O–H groups in total. The Labute approximate surface area is 174 Å². The summed E-state index contributed by atoms with van der Waals surface area (Å²) in [6.45, 7) is 13.4. The molecule has 3 rings (SSSR count). The van der Waals surface area contributed by atoms with Crippen molar-refractivity contribution in [3.63, 3.8) is 0 Å². The molecule has 1 amide bonds. The maximum Gasteiger partial charge on any atom is 0.277 e. The van der Waals surface area contributed by atoms with Crippen molar-refractivity contribution in [2.24, 2.45) is 0 Å². The van der Waals surface area contributed by atoms with Crippen LogP contribution in [0.25, 0.3) is 0 Å². The van der Waals surface area contributed by atoms with Gasteiger partial charge in [0.25, 0.3) is 5.91 Å². The number of ether oxygens (including phenoxy) is 1. The molecule has 2 fully saturated rings. The molecule has 162 valence electrons. The average Bonchev–Trinajstić information content (AvgIpc) is 2.59. The van der Waals surface area contributed by atoms with Crippen LogP contribution in [0.2, 0.25) is 0 Å². The molecule has 1 unspecified atom stereocenters. The molecule has 2 aliphatic heterocycles. The summed E-state index contributed by atoms with van der Waals surface area (Å²) in [4.78, 5) is 16.2. The van der Waals surface area contributed by atoms with E-state index in [1.54, 1.807) is 4.90 Å². The molecular formula is C21H34N3O4S+. The zero-order chi connectivity index (χ0) is 21.3. The fraction of sp³-hybridized carbons (Fsp3) is 0.667. The molecule has 2 saturated heterocycles. The Bertz CT molecular complexity index is 830. The lowest BCUT2D eigenvalue weighted by Crippen LogP contribution is -3.16. The molecule has 2 aliphatic rings. The highest BCUT2D eigenvalue weighted by atomic mass is 32.2. The average molecular weight is 425 g/mol. The van der Waals surface area contributed by atoms with E-state index < -0.39 is 10.0 Å². The summed E-state index contributed by atoms with van der Waals surface area (Å²) in [5.41, 5.74) is 2.61. The number of carbonyl (C=O) groups excluding carboxylic acids is 1. The largest absolute Gasteiger partial charge is 0.364 e. The van der Waals surface area contributed by atoms with Crippen LogP contribution in [0.5, 0.6) is 0 Å². The number of hydrogen-bond donors (Lipinski definition) is 1. The molecule has 0 saturated carbocycles. The van der Waals surface area contributed by atoms with Crippen molar-refractivity contribution in [1.82, 2.24) is 9.21 Å². The third-order valence-electron chi connectivity index (χ3n) is 5.81. The monoisotopic (exact) mass is 424 g/mol. The Kier molecular flexibility index (Phi) is 6.67. The lowest BCUT2D eigenvalue weighted by molar-refractivity contribution is -0.907. The van der Waals surface area contributed by atoms with Gasteiger partial charge < -0.3 is 14.5 Å². The van der Waals surface area contributed by atoms with E-state index in [-0.39, 0.29) is 18.1 Å². The highest BCUT2D eigenvalue weighted by Gasteiger charge is 2.34. The minimum atomic E-state index is -3.56. The number of quaternary nitrogens is 1. The third-order valence-corrected chi connectivity index (χ3v) is 8.02. The number of aryl methyl sites for hydroxylation is 3. The predicted molar refractivity (Wildman–Crippen MR) is 112 cm³/mol. The van der Waals surface area contributed by atoms with Gasteiger partial charge in [0.15, 0.2) is 6.54 Å². The van der Waals surface area contributed by atoms with Crippen LogP contribution >= 0.6 is 0 Å². The van der Waals surface area contributed by atoms with Crippen molar-refractivity contribution < 1.29 is 22.8 Å².